The van der Waals surface area contributed by atoms with Crippen molar-refractivity contribution in [2.75, 3.05) is 5.32 Å². The lowest BCUT2D eigenvalue weighted by Crippen LogP contribution is -2.23. The van der Waals surface area contributed by atoms with Crippen LogP contribution in [0.1, 0.15) is 41.4 Å². The Bertz CT molecular complexity index is 1010. The molecule has 7 heteroatoms. The second-order valence-corrected chi connectivity index (χ2v) is 7.38. The predicted molar refractivity (Wildman–Crippen MR) is 109 cm³/mol. The molecule has 0 bridgehead atoms. The second-order valence-electron chi connectivity index (χ2n) is 6.52. The van der Waals surface area contributed by atoms with Crippen molar-refractivity contribution in [3.63, 3.8) is 0 Å². The van der Waals surface area contributed by atoms with Gasteiger partial charge >= 0.3 is 0 Å². The molecule has 0 saturated carbocycles. The molecule has 0 fully saturated rings. The van der Waals surface area contributed by atoms with Crippen LogP contribution < -0.4 is 10.6 Å². The minimum atomic E-state index is -0.566. The smallest absolute Gasteiger partial charge is 0.260 e. The number of rotatable bonds is 5. The van der Waals surface area contributed by atoms with Gasteiger partial charge in [0.05, 0.1) is 17.3 Å². The summed E-state index contributed by atoms with van der Waals surface area (Å²) >= 11 is 1.27. The Morgan fingerprint density at radius 2 is 1.86 bits per heavy atom. The first kappa shape index (κ1) is 19.7. The van der Waals surface area contributed by atoms with E-state index in [4.69, 9.17) is 0 Å². The van der Waals surface area contributed by atoms with Crippen LogP contribution in [0.3, 0.4) is 0 Å². The summed E-state index contributed by atoms with van der Waals surface area (Å²) in [7, 11) is 0. The summed E-state index contributed by atoms with van der Waals surface area (Å²) in [5.74, 6) is -1.17. The van der Waals surface area contributed by atoms with E-state index < -0.39 is 11.7 Å². The highest BCUT2D eigenvalue weighted by Crippen LogP contribution is 2.26. The van der Waals surface area contributed by atoms with E-state index in [1.165, 1.54) is 30.4 Å². The van der Waals surface area contributed by atoms with Crippen LogP contribution in [0.15, 0.2) is 47.8 Å². The lowest BCUT2D eigenvalue weighted by Gasteiger charge is -2.13. The Morgan fingerprint density at radius 3 is 2.54 bits per heavy atom. The van der Waals surface area contributed by atoms with E-state index in [-0.39, 0.29) is 17.5 Å². The summed E-state index contributed by atoms with van der Waals surface area (Å²) in [4.78, 5) is 27.9. The van der Waals surface area contributed by atoms with Gasteiger partial charge in [-0.1, -0.05) is 35.9 Å². The standard InChI is InChI=1S/C21H20FN3O2S/c1-12-4-9-18(22)17(10-12)20(27)25-21-24-19(11-28-21)16-7-5-15(6-8-16)13(2)23-14(3)26/h4-11,13H,1-3H3,(H,23,26)(H,24,25,27). The van der Waals surface area contributed by atoms with E-state index >= 15 is 0 Å². The van der Waals surface area contributed by atoms with Crippen LogP contribution in [-0.4, -0.2) is 16.8 Å². The fourth-order valence-corrected chi connectivity index (χ4v) is 3.49. The molecule has 0 spiro atoms. The zero-order valence-corrected chi connectivity index (χ0v) is 16.6. The topological polar surface area (TPSA) is 71.1 Å². The Hall–Kier alpha value is -3.06. The van der Waals surface area contributed by atoms with E-state index in [9.17, 15) is 14.0 Å². The molecule has 5 nitrogen and oxygen atoms in total. The maximum absolute atomic E-state index is 13.9. The molecule has 1 atom stereocenters. The third-order valence-corrected chi connectivity index (χ3v) is 4.98. The predicted octanol–water partition coefficient (Wildman–Crippen LogP) is 4.71. The molecule has 1 unspecified atom stereocenters. The van der Waals surface area contributed by atoms with Gasteiger partial charge in [0.2, 0.25) is 5.91 Å². The third kappa shape index (κ3) is 4.61. The van der Waals surface area contributed by atoms with Crippen LogP contribution in [0.4, 0.5) is 9.52 Å². The van der Waals surface area contributed by atoms with Gasteiger partial charge in [-0.15, -0.1) is 11.3 Å². The maximum Gasteiger partial charge on any atom is 0.260 e. The van der Waals surface area contributed by atoms with E-state index in [1.807, 2.05) is 36.6 Å². The van der Waals surface area contributed by atoms with Gasteiger partial charge in [0, 0.05) is 17.9 Å². The van der Waals surface area contributed by atoms with E-state index in [0.29, 0.717) is 10.8 Å². The van der Waals surface area contributed by atoms with E-state index in [1.54, 1.807) is 13.0 Å². The lowest BCUT2D eigenvalue weighted by molar-refractivity contribution is -0.119. The highest BCUT2D eigenvalue weighted by molar-refractivity contribution is 7.14. The van der Waals surface area contributed by atoms with E-state index in [0.717, 1.165) is 16.7 Å². The maximum atomic E-state index is 13.9. The molecule has 1 heterocycles. The molecule has 2 N–H and O–H groups in total. The van der Waals surface area contributed by atoms with Crippen molar-refractivity contribution < 1.29 is 14.0 Å². The average molecular weight is 397 g/mol. The number of anilines is 1. The quantitative estimate of drug-likeness (QED) is 0.655. The first-order chi connectivity index (χ1) is 13.3. The monoisotopic (exact) mass is 397 g/mol. The number of carbonyl (C=O) groups excluding carboxylic acids is 2. The fourth-order valence-electron chi connectivity index (χ4n) is 2.77. The summed E-state index contributed by atoms with van der Waals surface area (Å²) in [5, 5.41) is 7.71. The normalized spacial score (nSPS) is 11.7. The van der Waals surface area contributed by atoms with Crippen molar-refractivity contribution in [1.82, 2.24) is 10.3 Å². The summed E-state index contributed by atoms with van der Waals surface area (Å²) < 4.78 is 13.9. The molecule has 0 radical (unpaired) electrons. The molecule has 0 aliphatic carbocycles. The Balaban J connectivity index is 1.72. The van der Waals surface area contributed by atoms with Crippen LogP contribution in [-0.2, 0) is 4.79 Å². The minimum absolute atomic E-state index is 0.00642. The van der Waals surface area contributed by atoms with Crippen LogP contribution in [0, 0.1) is 12.7 Å². The first-order valence-corrected chi connectivity index (χ1v) is 9.62. The van der Waals surface area contributed by atoms with Crippen molar-refractivity contribution in [3.05, 3.63) is 70.4 Å². The largest absolute Gasteiger partial charge is 0.350 e. The van der Waals surface area contributed by atoms with Gasteiger partial charge in [0.15, 0.2) is 5.13 Å². The second kappa shape index (κ2) is 8.31. The van der Waals surface area contributed by atoms with Crippen molar-refractivity contribution in [1.29, 1.82) is 0 Å². The van der Waals surface area contributed by atoms with Gasteiger partial charge in [-0.2, -0.15) is 0 Å². The molecular formula is C21H20FN3O2S. The number of amides is 2. The van der Waals surface area contributed by atoms with Crippen LogP contribution >= 0.6 is 11.3 Å². The highest BCUT2D eigenvalue weighted by atomic mass is 32.1. The molecule has 28 heavy (non-hydrogen) atoms. The van der Waals surface area contributed by atoms with Gasteiger partial charge < -0.3 is 5.32 Å². The Labute approximate surface area is 166 Å². The van der Waals surface area contributed by atoms with Crippen molar-refractivity contribution in [2.24, 2.45) is 0 Å². The number of carbonyl (C=O) groups is 2. The average Bonchev–Trinajstić information content (AvgIpc) is 3.11. The number of aromatic nitrogens is 1. The first-order valence-electron chi connectivity index (χ1n) is 8.74. The molecule has 0 saturated heterocycles. The molecule has 2 amide bonds. The van der Waals surface area contributed by atoms with Gasteiger partial charge in [0.25, 0.3) is 5.91 Å². The zero-order chi connectivity index (χ0) is 20.3. The number of hydrogen-bond acceptors (Lipinski definition) is 4. The summed E-state index contributed by atoms with van der Waals surface area (Å²) in [6.07, 6.45) is 0. The number of aryl methyl sites for hydroxylation is 1. The van der Waals surface area contributed by atoms with Crippen molar-refractivity contribution >= 4 is 28.3 Å². The Kier molecular flexibility index (Phi) is 5.84. The van der Waals surface area contributed by atoms with Crippen molar-refractivity contribution in [3.8, 4) is 11.3 Å². The van der Waals surface area contributed by atoms with Gasteiger partial charge in [-0.3, -0.25) is 14.9 Å². The molecule has 144 valence electrons. The summed E-state index contributed by atoms with van der Waals surface area (Å²) in [6.45, 7) is 5.20. The zero-order valence-electron chi connectivity index (χ0n) is 15.7. The SMILES string of the molecule is CC(=O)NC(C)c1ccc(-c2csc(NC(=O)c3cc(C)ccc3F)n2)cc1. The highest BCUT2D eigenvalue weighted by Gasteiger charge is 2.14. The number of nitrogens with zero attached hydrogens (tertiary/aromatic N) is 1. The van der Waals surface area contributed by atoms with E-state index in [2.05, 4.69) is 15.6 Å². The van der Waals surface area contributed by atoms with Crippen molar-refractivity contribution in [2.45, 2.75) is 26.8 Å². The molecule has 0 aliphatic rings. The fraction of sp³-hybridized carbons (Fsp3) is 0.190. The minimum Gasteiger partial charge on any atom is -0.350 e. The van der Waals surface area contributed by atoms with Gasteiger partial charge in [-0.25, -0.2) is 9.37 Å². The third-order valence-electron chi connectivity index (χ3n) is 4.22. The number of benzene rings is 2. The lowest BCUT2D eigenvalue weighted by atomic mass is 10.1. The van der Waals surface area contributed by atoms with Crippen LogP contribution in [0.5, 0.6) is 0 Å². The van der Waals surface area contributed by atoms with Crippen LogP contribution in [0.25, 0.3) is 11.3 Å². The number of thiazole rings is 1. The molecule has 3 rings (SSSR count). The van der Waals surface area contributed by atoms with Gasteiger partial charge in [-0.05, 0) is 31.5 Å². The molecule has 2 aromatic carbocycles. The number of nitrogens with one attached hydrogen (secondary N) is 2. The molecule has 3 aromatic rings. The van der Waals surface area contributed by atoms with Gasteiger partial charge in [0.1, 0.15) is 5.82 Å². The number of halogens is 1. The summed E-state index contributed by atoms with van der Waals surface area (Å²) in [5.41, 5.74) is 3.38. The van der Waals surface area contributed by atoms with Crippen LogP contribution in [0.2, 0.25) is 0 Å². The molecule has 1 aromatic heterocycles. The number of hydrogen-bond donors (Lipinski definition) is 2. The summed E-state index contributed by atoms with van der Waals surface area (Å²) in [6, 6.07) is 12.0. The molecule has 0 aliphatic heterocycles. The Morgan fingerprint density at radius 1 is 1.14 bits per heavy atom. The molecular weight excluding hydrogens is 377 g/mol.